The smallest absolute Gasteiger partial charge is 0.317 e. The van der Waals surface area contributed by atoms with Gasteiger partial charge in [0.2, 0.25) is 0 Å². The molecule has 2 atom stereocenters. The Morgan fingerprint density at radius 3 is 2.79 bits per heavy atom. The lowest BCUT2D eigenvalue weighted by Gasteiger charge is -2.18. The minimum atomic E-state index is -0.898. The molecule has 110 valence electrons. The van der Waals surface area contributed by atoms with Crippen molar-refractivity contribution in [1.29, 1.82) is 0 Å². The number of carboxylic acids is 1. The molecule has 0 aromatic rings. The van der Waals surface area contributed by atoms with Crippen LogP contribution in [0.15, 0.2) is 0 Å². The summed E-state index contributed by atoms with van der Waals surface area (Å²) >= 11 is 0. The molecule has 0 radical (unpaired) electrons. The summed E-state index contributed by atoms with van der Waals surface area (Å²) in [4.78, 5) is 23.6. The molecule has 1 fully saturated rings. The first-order valence-corrected chi connectivity index (χ1v) is 6.51. The van der Waals surface area contributed by atoms with E-state index in [9.17, 15) is 14.7 Å². The third kappa shape index (κ3) is 5.89. The fourth-order valence-corrected chi connectivity index (χ4v) is 1.97. The van der Waals surface area contributed by atoms with Gasteiger partial charge >= 0.3 is 12.0 Å². The summed E-state index contributed by atoms with van der Waals surface area (Å²) in [5.74, 6) is -0.747. The monoisotopic (exact) mass is 274 g/mol. The molecule has 0 bridgehead atoms. The van der Waals surface area contributed by atoms with Gasteiger partial charge in [-0.25, -0.2) is 4.79 Å². The third-order valence-electron chi connectivity index (χ3n) is 3.18. The maximum atomic E-state index is 11.7. The number of aliphatic hydroxyl groups excluding tert-OH is 1. The number of nitrogens with one attached hydrogen (secondary N) is 1. The van der Waals surface area contributed by atoms with Crippen molar-refractivity contribution in [2.45, 2.75) is 25.9 Å². The highest BCUT2D eigenvalue weighted by atomic mass is 16.5. The third-order valence-corrected chi connectivity index (χ3v) is 3.18. The minimum Gasteiger partial charge on any atom is -0.481 e. The second kappa shape index (κ2) is 7.96. The van der Waals surface area contributed by atoms with Crippen LogP contribution in [0.1, 0.15) is 19.8 Å². The molecule has 0 spiro atoms. The molecule has 7 heteroatoms. The van der Waals surface area contributed by atoms with E-state index in [4.69, 9.17) is 9.84 Å². The van der Waals surface area contributed by atoms with Crippen LogP contribution in [0.4, 0.5) is 4.79 Å². The average molecular weight is 274 g/mol. The van der Waals surface area contributed by atoms with Gasteiger partial charge < -0.3 is 25.2 Å². The van der Waals surface area contributed by atoms with E-state index < -0.39 is 12.1 Å². The van der Waals surface area contributed by atoms with Gasteiger partial charge in [0.1, 0.15) is 0 Å². The Labute approximate surface area is 112 Å². The number of hydrogen-bond acceptors (Lipinski definition) is 4. The highest BCUT2D eigenvalue weighted by molar-refractivity contribution is 5.74. The Hall–Kier alpha value is -1.34. The summed E-state index contributed by atoms with van der Waals surface area (Å²) < 4.78 is 5.06. The van der Waals surface area contributed by atoms with E-state index in [1.54, 1.807) is 11.8 Å². The number of aliphatic carboxylic acids is 1. The Morgan fingerprint density at radius 2 is 2.21 bits per heavy atom. The standard InChI is InChI=1S/C12H22N2O5/c1-9(15)10-2-5-14(8-10)12(18)13-4-7-19-6-3-11(16)17/h9-10,15H,2-8H2,1H3,(H,13,18)(H,16,17). The van der Waals surface area contributed by atoms with Crippen molar-refractivity contribution in [1.82, 2.24) is 10.2 Å². The maximum Gasteiger partial charge on any atom is 0.317 e. The fourth-order valence-electron chi connectivity index (χ4n) is 1.97. The predicted molar refractivity (Wildman–Crippen MR) is 67.8 cm³/mol. The van der Waals surface area contributed by atoms with E-state index in [0.29, 0.717) is 26.2 Å². The van der Waals surface area contributed by atoms with Gasteiger partial charge in [0.05, 0.1) is 25.7 Å². The second-order valence-corrected chi connectivity index (χ2v) is 4.72. The largest absolute Gasteiger partial charge is 0.481 e. The summed E-state index contributed by atoms with van der Waals surface area (Å²) in [7, 11) is 0. The molecule has 1 aliphatic rings. The SMILES string of the molecule is CC(O)C1CCN(C(=O)NCCOCCC(=O)O)C1. The first-order chi connectivity index (χ1) is 9.00. The number of nitrogens with zero attached hydrogens (tertiary/aromatic N) is 1. The van der Waals surface area contributed by atoms with Crippen molar-refractivity contribution in [2.24, 2.45) is 5.92 Å². The highest BCUT2D eigenvalue weighted by Crippen LogP contribution is 2.19. The molecule has 1 rings (SSSR count). The van der Waals surface area contributed by atoms with Crippen LogP contribution < -0.4 is 5.32 Å². The molecule has 2 amide bonds. The van der Waals surface area contributed by atoms with Crippen LogP contribution in [-0.4, -0.2) is 66.1 Å². The minimum absolute atomic E-state index is 0.0316. The van der Waals surface area contributed by atoms with Gasteiger partial charge in [-0.2, -0.15) is 0 Å². The maximum absolute atomic E-state index is 11.7. The number of hydrogen-bond donors (Lipinski definition) is 3. The molecule has 2 unspecified atom stereocenters. The van der Waals surface area contributed by atoms with Gasteiger partial charge in [-0.15, -0.1) is 0 Å². The van der Waals surface area contributed by atoms with Crippen molar-refractivity contribution in [2.75, 3.05) is 32.8 Å². The first kappa shape index (κ1) is 15.7. The number of urea groups is 1. The van der Waals surface area contributed by atoms with Crippen LogP contribution in [-0.2, 0) is 9.53 Å². The Balaban J connectivity index is 2.07. The lowest BCUT2D eigenvalue weighted by molar-refractivity contribution is -0.138. The summed E-state index contributed by atoms with van der Waals surface area (Å²) in [5, 5.41) is 20.5. The highest BCUT2D eigenvalue weighted by Gasteiger charge is 2.28. The Morgan fingerprint density at radius 1 is 1.47 bits per heavy atom. The number of carboxylic acid groups (broad SMARTS) is 1. The molecule has 3 N–H and O–H groups in total. The predicted octanol–water partition coefficient (Wildman–Crippen LogP) is -0.110. The topological polar surface area (TPSA) is 99.1 Å². The zero-order valence-electron chi connectivity index (χ0n) is 11.2. The number of carbonyl (C=O) groups excluding carboxylic acids is 1. The van der Waals surface area contributed by atoms with Gasteiger partial charge in [0.15, 0.2) is 0 Å². The van der Waals surface area contributed by atoms with E-state index in [2.05, 4.69) is 5.32 Å². The van der Waals surface area contributed by atoms with E-state index in [1.807, 2.05) is 0 Å². The molecule has 19 heavy (non-hydrogen) atoms. The molecule has 0 aromatic carbocycles. The number of carbonyl (C=O) groups is 2. The van der Waals surface area contributed by atoms with Crippen molar-refractivity contribution >= 4 is 12.0 Å². The normalized spacial score (nSPS) is 20.3. The lowest BCUT2D eigenvalue weighted by Crippen LogP contribution is -2.40. The molecule has 1 heterocycles. The molecular formula is C12H22N2O5. The van der Waals surface area contributed by atoms with Crippen molar-refractivity contribution in [3.8, 4) is 0 Å². The van der Waals surface area contributed by atoms with Gasteiger partial charge in [-0.1, -0.05) is 0 Å². The van der Waals surface area contributed by atoms with Crippen LogP contribution in [0.25, 0.3) is 0 Å². The second-order valence-electron chi connectivity index (χ2n) is 4.72. The van der Waals surface area contributed by atoms with Crippen molar-refractivity contribution < 1.29 is 24.5 Å². The molecular weight excluding hydrogens is 252 g/mol. The number of amides is 2. The van der Waals surface area contributed by atoms with Crippen molar-refractivity contribution in [3.63, 3.8) is 0 Å². The van der Waals surface area contributed by atoms with Crippen molar-refractivity contribution in [3.05, 3.63) is 0 Å². The summed E-state index contributed by atoms with van der Waals surface area (Å²) in [6.45, 7) is 3.77. The zero-order chi connectivity index (χ0) is 14.3. The summed E-state index contributed by atoms with van der Waals surface area (Å²) in [5.41, 5.74) is 0. The molecule has 0 aliphatic carbocycles. The van der Waals surface area contributed by atoms with E-state index in [1.165, 1.54) is 0 Å². The summed E-state index contributed by atoms with van der Waals surface area (Å²) in [6.07, 6.45) is 0.397. The lowest BCUT2D eigenvalue weighted by atomic mass is 10.0. The summed E-state index contributed by atoms with van der Waals surface area (Å²) in [6, 6.07) is -0.162. The van der Waals surface area contributed by atoms with E-state index in [-0.39, 0.29) is 25.0 Å². The average Bonchev–Trinajstić information content (AvgIpc) is 2.82. The number of aliphatic hydroxyl groups is 1. The number of ether oxygens (including phenoxy) is 1. The van der Waals surface area contributed by atoms with Gasteiger partial charge in [-0.05, 0) is 13.3 Å². The van der Waals surface area contributed by atoms with Crippen LogP contribution in [0.3, 0.4) is 0 Å². The molecule has 7 nitrogen and oxygen atoms in total. The first-order valence-electron chi connectivity index (χ1n) is 6.51. The van der Waals surface area contributed by atoms with Crippen LogP contribution in [0.2, 0.25) is 0 Å². The molecule has 0 aromatic heterocycles. The van der Waals surface area contributed by atoms with Gasteiger partial charge in [-0.3, -0.25) is 4.79 Å². The van der Waals surface area contributed by atoms with Crippen LogP contribution in [0, 0.1) is 5.92 Å². The molecule has 1 aliphatic heterocycles. The molecule has 0 saturated carbocycles. The Bertz CT molecular complexity index is 308. The molecule has 1 saturated heterocycles. The number of rotatable bonds is 7. The van der Waals surface area contributed by atoms with Crippen LogP contribution in [0.5, 0.6) is 0 Å². The quantitative estimate of drug-likeness (QED) is 0.563. The Kier molecular flexibility index (Phi) is 6.58. The van der Waals surface area contributed by atoms with Gasteiger partial charge in [0, 0.05) is 25.6 Å². The van der Waals surface area contributed by atoms with E-state index >= 15 is 0 Å². The van der Waals surface area contributed by atoms with Crippen LogP contribution >= 0.6 is 0 Å². The van der Waals surface area contributed by atoms with Gasteiger partial charge in [0.25, 0.3) is 0 Å². The van der Waals surface area contributed by atoms with E-state index in [0.717, 1.165) is 6.42 Å². The number of likely N-dealkylation sites (tertiary alicyclic amines) is 1. The fraction of sp³-hybridized carbons (Fsp3) is 0.833. The zero-order valence-corrected chi connectivity index (χ0v) is 11.2.